The smallest absolute Gasteiger partial charge is 0.231 e. The predicted octanol–water partition coefficient (Wildman–Crippen LogP) is 2.73. The minimum atomic E-state index is 0.132. The molecule has 2 aromatic rings. The second-order valence-electron chi connectivity index (χ2n) is 4.64. The molecule has 0 saturated carbocycles. The molecule has 96 valence electrons. The number of carbonyl (C=O) groups is 1. The summed E-state index contributed by atoms with van der Waals surface area (Å²) in [6.07, 6.45) is 0.463. The van der Waals surface area contributed by atoms with Crippen LogP contribution in [0, 0.1) is 6.92 Å². The summed E-state index contributed by atoms with van der Waals surface area (Å²) >= 11 is 3.31. The van der Waals surface area contributed by atoms with E-state index >= 15 is 0 Å². The summed E-state index contributed by atoms with van der Waals surface area (Å²) in [7, 11) is 1.80. The standard InChI is InChI=1S/C14H12BrN3O/c1-8-5-11(17-14(15)16-8)9-3-4-12-10(6-9)7-13(19)18(12)2/h3-6H,7H2,1-2H3. The van der Waals surface area contributed by atoms with Crippen molar-refractivity contribution in [1.82, 2.24) is 9.97 Å². The lowest BCUT2D eigenvalue weighted by molar-refractivity contribution is -0.117. The van der Waals surface area contributed by atoms with Crippen molar-refractivity contribution in [2.24, 2.45) is 0 Å². The van der Waals surface area contributed by atoms with E-state index in [1.54, 1.807) is 11.9 Å². The van der Waals surface area contributed by atoms with E-state index in [-0.39, 0.29) is 5.91 Å². The molecule has 5 heteroatoms. The fraction of sp³-hybridized carbons (Fsp3) is 0.214. The molecule has 1 aliphatic rings. The van der Waals surface area contributed by atoms with Gasteiger partial charge in [-0.15, -0.1) is 0 Å². The number of anilines is 1. The monoisotopic (exact) mass is 317 g/mol. The first-order valence-corrected chi connectivity index (χ1v) is 6.75. The summed E-state index contributed by atoms with van der Waals surface area (Å²) in [5.41, 5.74) is 4.82. The van der Waals surface area contributed by atoms with E-state index in [0.717, 1.165) is 28.2 Å². The largest absolute Gasteiger partial charge is 0.315 e. The van der Waals surface area contributed by atoms with Gasteiger partial charge in [-0.3, -0.25) is 4.79 Å². The average Bonchev–Trinajstić information content (AvgIpc) is 2.63. The Bertz CT molecular complexity index is 664. The number of hydrogen-bond acceptors (Lipinski definition) is 3. The van der Waals surface area contributed by atoms with Gasteiger partial charge in [-0.1, -0.05) is 6.07 Å². The van der Waals surface area contributed by atoms with Gasteiger partial charge in [-0.25, -0.2) is 9.97 Å². The second-order valence-corrected chi connectivity index (χ2v) is 5.35. The third-order valence-corrected chi connectivity index (χ3v) is 3.63. The van der Waals surface area contributed by atoms with Crippen molar-refractivity contribution in [1.29, 1.82) is 0 Å². The minimum Gasteiger partial charge on any atom is -0.315 e. The Balaban J connectivity index is 2.08. The van der Waals surface area contributed by atoms with Crippen LogP contribution in [0.1, 0.15) is 11.3 Å². The van der Waals surface area contributed by atoms with Gasteiger partial charge in [0.05, 0.1) is 12.1 Å². The van der Waals surface area contributed by atoms with Gasteiger partial charge in [0.25, 0.3) is 0 Å². The number of amides is 1. The van der Waals surface area contributed by atoms with Crippen LogP contribution in [-0.2, 0) is 11.2 Å². The van der Waals surface area contributed by atoms with Crippen LogP contribution in [0.5, 0.6) is 0 Å². The highest BCUT2D eigenvalue weighted by Crippen LogP contribution is 2.31. The maximum Gasteiger partial charge on any atom is 0.231 e. The number of nitrogens with zero attached hydrogens (tertiary/aromatic N) is 3. The molecule has 19 heavy (non-hydrogen) atoms. The fourth-order valence-corrected chi connectivity index (χ4v) is 2.78. The van der Waals surface area contributed by atoms with E-state index in [1.807, 2.05) is 31.2 Å². The Morgan fingerprint density at radius 2 is 2.05 bits per heavy atom. The van der Waals surface area contributed by atoms with E-state index < -0.39 is 0 Å². The van der Waals surface area contributed by atoms with Gasteiger partial charge in [0.2, 0.25) is 5.91 Å². The van der Waals surface area contributed by atoms with Crippen LogP contribution < -0.4 is 4.90 Å². The average molecular weight is 318 g/mol. The summed E-state index contributed by atoms with van der Waals surface area (Å²) in [5.74, 6) is 0.132. The Hall–Kier alpha value is -1.75. The highest BCUT2D eigenvalue weighted by atomic mass is 79.9. The van der Waals surface area contributed by atoms with Gasteiger partial charge in [-0.2, -0.15) is 0 Å². The molecule has 0 bridgehead atoms. The third-order valence-electron chi connectivity index (χ3n) is 3.28. The lowest BCUT2D eigenvalue weighted by atomic mass is 10.1. The molecule has 1 aromatic heterocycles. The van der Waals surface area contributed by atoms with Crippen LogP contribution >= 0.6 is 15.9 Å². The van der Waals surface area contributed by atoms with Crippen molar-refractivity contribution >= 4 is 27.5 Å². The van der Waals surface area contributed by atoms with Crippen molar-refractivity contribution in [2.45, 2.75) is 13.3 Å². The zero-order valence-corrected chi connectivity index (χ0v) is 12.2. The van der Waals surface area contributed by atoms with E-state index in [2.05, 4.69) is 25.9 Å². The van der Waals surface area contributed by atoms with E-state index in [0.29, 0.717) is 11.2 Å². The molecular weight excluding hydrogens is 306 g/mol. The molecule has 0 atom stereocenters. The zero-order valence-electron chi connectivity index (χ0n) is 10.6. The molecule has 3 rings (SSSR count). The summed E-state index contributed by atoms with van der Waals surface area (Å²) in [6, 6.07) is 7.93. The predicted molar refractivity (Wildman–Crippen MR) is 77.0 cm³/mol. The topological polar surface area (TPSA) is 46.1 Å². The normalized spacial score (nSPS) is 13.8. The fourth-order valence-electron chi connectivity index (χ4n) is 2.31. The molecule has 1 amide bonds. The first-order valence-electron chi connectivity index (χ1n) is 5.95. The molecule has 4 nitrogen and oxygen atoms in total. The van der Waals surface area contributed by atoms with Gasteiger partial charge in [0.15, 0.2) is 4.73 Å². The molecule has 0 fully saturated rings. The molecule has 1 aliphatic heterocycles. The number of aryl methyl sites for hydroxylation is 1. The third kappa shape index (κ3) is 2.14. The maximum atomic E-state index is 11.7. The van der Waals surface area contributed by atoms with Crippen LogP contribution in [0.15, 0.2) is 29.0 Å². The Morgan fingerprint density at radius 1 is 1.26 bits per heavy atom. The molecule has 0 radical (unpaired) electrons. The summed E-state index contributed by atoms with van der Waals surface area (Å²) in [6.45, 7) is 1.93. The molecule has 2 heterocycles. The SMILES string of the molecule is Cc1cc(-c2ccc3c(c2)CC(=O)N3C)nc(Br)n1. The Labute approximate surface area is 119 Å². The molecular formula is C14H12BrN3O. The van der Waals surface area contributed by atoms with Crippen LogP contribution in [0.3, 0.4) is 0 Å². The number of carbonyl (C=O) groups excluding carboxylic acids is 1. The maximum absolute atomic E-state index is 11.7. The molecule has 0 unspecified atom stereocenters. The van der Waals surface area contributed by atoms with E-state index in [4.69, 9.17) is 0 Å². The Morgan fingerprint density at radius 3 is 2.79 bits per heavy atom. The van der Waals surface area contributed by atoms with Crippen molar-refractivity contribution < 1.29 is 4.79 Å². The highest BCUT2D eigenvalue weighted by molar-refractivity contribution is 9.10. The number of aromatic nitrogens is 2. The lowest BCUT2D eigenvalue weighted by Gasteiger charge is -2.10. The summed E-state index contributed by atoms with van der Waals surface area (Å²) < 4.78 is 0.580. The number of likely N-dealkylation sites (N-methyl/N-ethyl adjacent to an activating group) is 1. The highest BCUT2D eigenvalue weighted by Gasteiger charge is 2.24. The van der Waals surface area contributed by atoms with Gasteiger partial charge < -0.3 is 4.90 Å². The van der Waals surface area contributed by atoms with Gasteiger partial charge in [0.1, 0.15) is 0 Å². The van der Waals surface area contributed by atoms with Crippen molar-refractivity contribution in [2.75, 3.05) is 11.9 Å². The number of benzene rings is 1. The number of halogens is 1. The quantitative estimate of drug-likeness (QED) is 0.760. The Kier molecular flexibility index (Phi) is 2.86. The van der Waals surface area contributed by atoms with Crippen molar-refractivity contribution in [3.05, 3.63) is 40.3 Å². The van der Waals surface area contributed by atoms with Gasteiger partial charge in [-0.05, 0) is 46.6 Å². The molecule has 0 spiro atoms. The molecule has 1 aromatic carbocycles. The zero-order chi connectivity index (χ0) is 13.6. The van der Waals surface area contributed by atoms with Gasteiger partial charge in [0, 0.05) is 24.0 Å². The number of hydrogen-bond donors (Lipinski definition) is 0. The number of rotatable bonds is 1. The minimum absolute atomic E-state index is 0.132. The van der Waals surface area contributed by atoms with Crippen molar-refractivity contribution in [3.63, 3.8) is 0 Å². The van der Waals surface area contributed by atoms with Crippen molar-refractivity contribution in [3.8, 4) is 11.3 Å². The molecule has 0 aliphatic carbocycles. The van der Waals surface area contributed by atoms with Crippen LogP contribution in [-0.4, -0.2) is 22.9 Å². The van der Waals surface area contributed by atoms with Gasteiger partial charge >= 0.3 is 0 Å². The first kappa shape index (κ1) is 12.3. The van der Waals surface area contributed by atoms with Crippen LogP contribution in [0.2, 0.25) is 0 Å². The van der Waals surface area contributed by atoms with E-state index in [1.165, 1.54) is 0 Å². The second kappa shape index (κ2) is 4.42. The van der Waals surface area contributed by atoms with Crippen LogP contribution in [0.4, 0.5) is 5.69 Å². The summed E-state index contributed by atoms with van der Waals surface area (Å²) in [5, 5.41) is 0. The molecule has 0 saturated heterocycles. The molecule has 0 N–H and O–H groups in total. The first-order chi connectivity index (χ1) is 9.04. The van der Waals surface area contributed by atoms with E-state index in [9.17, 15) is 4.79 Å². The summed E-state index contributed by atoms with van der Waals surface area (Å²) in [4.78, 5) is 21.9. The lowest BCUT2D eigenvalue weighted by Crippen LogP contribution is -2.20. The number of fused-ring (bicyclic) bond motifs is 1. The van der Waals surface area contributed by atoms with Crippen LogP contribution in [0.25, 0.3) is 11.3 Å².